The summed E-state index contributed by atoms with van der Waals surface area (Å²) < 4.78 is 39.8. The third-order valence-corrected chi connectivity index (χ3v) is 4.09. The number of nitrogens with two attached hydrogens (primary N) is 1. The molecule has 0 atom stereocenters. The highest BCUT2D eigenvalue weighted by Gasteiger charge is 2.15. The smallest absolute Gasteiger partial charge is 0.263 e. The maximum atomic E-state index is 13.1. The van der Waals surface area contributed by atoms with Crippen LogP contribution in [-0.4, -0.2) is 13.4 Å². The van der Waals surface area contributed by atoms with E-state index in [1.807, 2.05) is 0 Å². The van der Waals surface area contributed by atoms with Crippen LogP contribution in [0.3, 0.4) is 0 Å². The van der Waals surface area contributed by atoms with Crippen LogP contribution in [-0.2, 0) is 16.6 Å². The number of sulfonamides is 1. The Labute approximate surface area is 116 Å². The third kappa shape index (κ3) is 3.12. The molecule has 0 saturated heterocycles. The first-order chi connectivity index (χ1) is 9.42. The van der Waals surface area contributed by atoms with Gasteiger partial charge in [0.15, 0.2) is 0 Å². The van der Waals surface area contributed by atoms with E-state index in [4.69, 9.17) is 5.73 Å². The zero-order chi connectivity index (χ0) is 14.8. The Kier molecular flexibility index (Phi) is 4.01. The van der Waals surface area contributed by atoms with Crippen LogP contribution in [0, 0.1) is 12.7 Å². The predicted molar refractivity (Wildman–Crippen MR) is 74.1 cm³/mol. The van der Waals surface area contributed by atoms with Crippen LogP contribution >= 0.6 is 0 Å². The molecule has 7 heteroatoms. The van der Waals surface area contributed by atoms with Crippen LogP contribution in [0.25, 0.3) is 0 Å². The normalized spacial score (nSPS) is 11.3. The number of hydrogen-bond acceptors (Lipinski definition) is 4. The molecule has 1 aromatic heterocycles. The summed E-state index contributed by atoms with van der Waals surface area (Å²) in [5.74, 6) is -0.387. The van der Waals surface area contributed by atoms with Crippen molar-refractivity contribution in [1.29, 1.82) is 0 Å². The zero-order valence-electron chi connectivity index (χ0n) is 10.8. The van der Waals surface area contributed by atoms with Gasteiger partial charge in [0, 0.05) is 18.4 Å². The molecule has 2 rings (SSSR count). The standard InChI is InChI=1S/C13H14FN3O2S/c1-9-6-10(3-5-13(9)14)17-20(18,19)12-4-2-11(7-15)16-8-12/h2-6,8,17H,7,15H2,1H3. The van der Waals surface area contributed by atoms with Crippen molar-refractivity contribution in [3.63, 3.8) is 0 Å². The first kappa shape index (κ1) is 14.4. The Hall–Kier alpha value is -1.99. The summed E-state index contributed by atoms with van der Waals surface area (Å²) in [5, 5.41) is 0. The van der Waals surface area contributed by atoms with Crippen molar-refractivity contribution in [3.8, 4) is 0 Å². The summed E-state index contributed by atoms with van der Waals surface area (Å²) in [5.41, 5.74) is 6.66. The largest absolute Gasteiger partial charge is 0.325 e. The molecule has 0 aliphatic carbocycles. The first-order valence-electron chi connectivity index (χ1n) is 5.86. The fraction of sp³-hybridized carbons (Fsp3) is 0.154. The van der Waals surface area contributed by atoms with Gasteiger partial charge in [-0.25, -0.2) is 12.8 Å². The molecule has 0 bridgehead atoms. The molecule has 5 nitrogen and oxygen atoms in total. The molecule has 0 saturated carbocycles. The van der Waals surface area contributed by atoms with E-state index in [-0.39, 0.29) is 17.3 Å². The lowest BCUT2D eigenvalue weighted by molar-refractivity contribution is 0.600. The molecule has 0 aliphatic heterocycles. The van der Waals surface area contributed by atoms with Gasteiger partial charge in [0.2, 0.25) is 0 Å². The second-order valence-electron chi connectivity index (χ2n) is 4.26. The predicted octanol–water partition coefficient (Wildman–Crippen LogP) is 1.79. The lowest BCUT2D eigenvalue weighted by Gasteiger charge is -2.09. The number of nitrogens with zero attached hydrogens (tertiary/aromatic N) is 1. The number of pyridine rings is 1. The molecule has 0 radical (unpaired) electrons. The molecular weight excluding hydrogens is 281 g/mol. The average Bonchev–Trinajstić information content (AvgIpc) is 2.43. The lowest BCUT2D eigenvalue weighted by Crippen LogP contribution is -2.14. The van der Waals surface area contributed by atoms with Gasteiger partial charge in [0.1, 0.15) is 10.7 Å². The fourth-order valence-electron chi connectivity index (χ4n) is 1.61. The SMILES string of the molecule is Cc1cc(NS(=O)(=O)c2ccc(CN)nc2)ccc1F. The molecule has 0 spiro atoms. The lowest BCUT2D eigenvalue weighted by atomic mass is 10.2. The Balaban J connectivity index is 2.27. The third-order valence-electron chi connectivity index (χ3n) is 2.73. The van der Waals surface area contributed by atoms with Crippen LogP contribution in [0.5, 0.6) is 0 Å². The molecule has 0 aliphatic rings. The molecule has 0 fully saturated rings. The molecule has 1 aromatic carbocycles. The second kappa shape index (κ2) is 5.56. The number of rotatable bonds is 4. The highest BCUT2D eigenvalue weighted by Crippen LogP contribution is 2.18. The number of hydrogen-bond donors (Lipinski definition) is 2. The van der Waals surface area contributed by atoms with Crippen molar-refractivity contribution in [2.24, 2.45) is 5.73 Å². The van der Waals surface area contributed by atoms with E-state index in [0.29, 0.717) is 16.9 Å². The Bertz CT molecular complexity index is 715. The van der Waals surface area contributed by atoms with E-state index in [0.717, 1.165) is 0 Å². The van der Waals surface area contributed by atoms with Gasteiger partial charge in [0.25, 0.3) is 10.0 Å². The molecule has 2 aromatic rings. The summed E-state index contributed by atoms with van der Waals surface area (Å²) >= 11 is 0. The highest BCUT2D eigenvalue weighted by atomic mass is 32.2. The van der Waals surface area contributed by atoms with Crippen LogP contribution in [0.4, 0.5) is 10.1 Å². The van der Waals surface area contributed by atoms with Crippen LogP contribution in [0.15, 0.2) is 41.4 Å². The maximum Gasteiger partial charge on any atom is 0.263 e. The van der Waals surface area contributed by atoms with Gasteiger partial charge in [-0.05, 0) is 42.8 Å². The van der Waals surface area contributed by atoms with E-state index in [1.54, 1.807) is 13.0 Å². The summed E-state index contributed by atoms with van der Waals surface area (Å²) in [7, 11) is -3.74. The van der Waals surface area contributed by atoms with Crippen molar-refractivity contribution in [1.82, 2.24) is 4.98 Å². The molecule has 0 amide bonds. The minimum absolute atomic E-state index is 0.0247. The summed E-state index contributed by atoms with van der Waals surface area (Å²) in [6, 6.07) is 6.97. The Morgan fingerprint density at radius 3 is 2.60 bits per heavy atom. The summed E-state index contributed by atoms with van der Waals surface area (Å²) in [6.45, 7) is 1.80. The number of benzene rings is 1. The summed E-state index contributed by atoms with van der Waals surface area (Å²) in [4.78, 5) is 3.96. The molecule has 3 N–H and O–H groups in total. The number of aryl methyl sites for hydroxylation is 1. The average molecular weight is 295 g/mol. The van der Waals surface area contributed by atoms with E-state index >= 15 is 0 Å². The number of aromatic nitrogens is 1. The van der Waals surface area contributed by atoms with Gasteiger partial charge in [-0.3, -0.25) is 9.71 Å². The van der Waals surface area contributed by atoms with E-state index in [1.165, 1.54) is 30.5 Å². The van der Waals surface area contributed by atoms with Gasteiger partial charge in [-0.2, -0.15) is 0 Å². The van der Waals surface area contributed by atoms with Crippen LogP contribution < -0.4 is 10.5 Å². The summed E-state index contributed by atoms with van der Waals surface area (Å²) in [6.07, 6.45) is 1.24. The molecule has 106 valence electrons. The van der Waals surface area contributed by atoms with Crippen molar-refractivity contribution in [2.75, 3.05) is 4.72 Å². The van der Waals surface area contributed by atoms with Gasteiger partial charge in [-0.1, -0.05) is 0 Å². The van der Waals surface area contributed by atoms with Crippen molar-refractivity contribution in [2.45, 2.75) is 18.4 Å². The van der Waals surface area contributed by atoms with Crippen molar-refractivity contribution >= 4 is 15.7 Å². The second-order valence-corrected chi connectivity index (χ2v) is 5.94. The highest BCUT2D eigenvalue weighted by molar-refractivity contribution is 7.92. The van der Waals surface area contributed by atoms with E-state index < -0.39 is 10.0 Å². The van der Waals surface area contributed by atoms with Crippen molar-refractivity contribution in [3.05, 3.63) is 53.6 Å². The number of anilines is 1. The number of halogens is 1. The van der Waals surface area contributed by atoms with Gasteiger partial charge >= 0.3 is 0 Å². The van der Waals surface area contributed by atoms with Crippen LogP contribution in [0.2, 0.25) is 0 Å². The van der Waals surface area contributed by atoms with E-state index in [9.17, 15) is 12.8 Å². The Morgan fingerprint density at radius 1 is 1.30 bits per heavy atom. The van der Waals surface area contributed by atoms with Crippen molar-refractivity contribution < 1.29 is 12.8 Å². The van der Waals surface area contributed by atoms with Gasteiger partial charge < -0.3 is 5.73 Å². The Morgan fingerprint density at radius 2 is 2.05 bits per heavy atom. The maximum absolute atomic E-state index is 13.1. The molecule has 1 heterocycles. The van der Waals surface area contributed by atoms with Crippen LogP contribution in [0.1, 0.15) is 11.3 Å². The molecular formula is C13H14FN3O2S. The topological polar surface area (TPSA) is 85.1 Å². The number of nitrogens with one attached hydrogen (secondary N) is 1. The molecule has 20 heavy (non-hydrogen) atoms. The van der Waals surface area contributed by atoms with Gasteiger partial charge in [-0.15, -0.1) is 0 Å². The zero-order valence-corrected chi connectivity index (χ0v) is 11.6. The quantitative estimate of drug-likeness (QED) is 0.900. The van der Waals surface area contributed by atoms with E-state index in [2.05, 4.69) is 9.71 Å². The minimum Gasteiger partial charge on any atom is -0.325 e. The van der Waals surface area contributed by atoms with Gasteiger partial charge in [0.05, 0.1) is 5.69 Å². The minimum atomic E-state index is -3.74. The fourth-order valence-corrected chi connectivity index (χ4v) is 2.61. The first-order valence-corrected chi connectivity index (χ1v) is 7.34. The molecule has 0 unspecified atom stereocenters. The monoisotopic (exact) mass is 295 g/mol.